The number of nitrogens with one attached hydrogen (secondary N) is 1. The van der Waals surface area contributed by atoms with Crippen molar-refractivity contribution in [1.82, 2.24) is 19.9 Å². The van der Waals surface area contributed by atoms with Crippen molar-refractivity contribution < 1.29 is 23.1 Å². The molecule has 5 aromatic rings. The maximum atomic E-state index is 13.9. The number of H-pyrrole nitrogens is 1. The van der Waals surface area contributed by atoms with E-state index < -0.39 is 27.5 Å². The average Bonchev–Trinajstić information content (AvgIpc) is 3.58. The number of carbonyl (C=O) groups is 1. The molecule has 0 saturated carbocycles. The van der Waals surface area contributed by atoms with Gasteiger partial charge in [0.25, 0.3) is 10.0 Å². The highest BCUT2D eigenvalue weighted by Crippen LogP contribution is 2.42. The summed E-state index contributed by atoms with van der Waals surface area (Å²) in [6.45, 7) is 1.92. The Hall–Kier alpha value is -5.03. The molecule has 0 spiro atoms. The quantitative estimate of drug-likeness (QED) is 0.116. The van der Waals surface area contributed by atoms with Crippen LogP contribution in [-0.2, 0) is 32.4 Å². The number of nitrogens with zero attached hydrogens (tertiary/aromatic N) is 4. The van der Waals surface area contributed by atoms with Gasteiger partial charge in [0.1, 0.15) is 23.2 Å². The van der Waals surface area contributed by atoms with Gasteiger partial charge in [0.05, 0.1) is 17.6 Å². The minimum Gasteiger partial charge on any atom is -0.512 e. The van der Waals surface area contributed by atoms with Gasteiger partial charge in [-0.15, -0.1) is 0 Å². The summed E-state index contributed by atoms with van der Waals surface area (Å²) >= 11 is 0. The summed E-state index contributed by atoms with van der Waals surface area (Å²) in [6, 6.07) is 27.1. The third-order valence-electron chi connectivity index (χ3n) is 8.94. The summed E-state index contributed by atoms with van der Waals surface area (Å²) in [5.41, 5.74) is 3.11. The van der Waals surface area contributed by atoms with Gasteiger partial charge in [0.2, 0.25) is 5.03 Å². The molecule has 0 saturated heterocycles. The number of cyclic esters (lactones) is 1. The van der Waals surface area contributed by atoms with Crippen molar-refractivity contribution in [2.24, 2.45) is 0 Å². The number of benzene rings is 3. The van der Waals surface area contributed by atoms with Crippen LogP contribution in [0.4, 0.5) is 5.69 Å². The fourth-order valence-electron chi connectivity index (χ4n) is 6.34. The van der Waals surface area contributed by atoms with Crippen LogP contribution in [0.2, 0.25) is 0 Å². The van der Waals surface area contributed by atoms with Crippen LogP contribution >= 0.6 is 0 Å². The highest BCUT2D eigenvalue weighted by atomic mass is 32.2. The fraction of sp³-hybridized carbons (Fsp3) is 0.278. The number of anilines is 1. The number of fused-ring (bicyclic) bond motifs is 1. The second kappa shape index (κ2) is 13.4. The van der Waals surface area contributed by atoms with E-state index in [1.54, 1.807) is 18.2 Å². The monoisotopic (exact) mass is 651 g/mol. The molecule has 2 aromatic heterocycles. The molecular weight excluding hydrogens is 614 g/mol. The zero-order chi connectivity index (χ0) is 33.0. The molecule has 0 bridgehead atoms. The van der Waals surface area contributed by atoms with Crippen LogP contribution in [0, 0.1) is 0 Å². The molecule has 1 unspecified atom stereocenters. The molecular formula is C36H37N5O5S. The minimum absolute atomic E-state index is 0.0169. The molecule has 47 heavy (non-hydrogen) atoms. The highest BCUT2D eigenvalue weighted by molar-refractivity contribution is 7.92. The zero-order valence-corrected chi connectivity index (χ0v) is 27.2. The van der Waals surface area contributed by atoms with Gasteiger partial charge in [-0.2, -0.15) is 8.42 Å². The molecule has 2 N–H and O–H groups in total. The Morgan fingerprint density at radius 3 is 2.21 bits per heavy atom. The van der Waals surface area contributed by atoms with Crippen molar-refractivity contribution in [3.63, 3.8) is 0 Å². The summed E-state index contributed by atoms with van der Waals surface area (Å²) in [5.74, 6) is -1.04. The van der Waals surface area contributed by atoms with Gasteiger partial charge in [0, 0.05) is 19.4 Å². The van der Waals surface area contributed by atoms with Crippen LogP contribution in [0.25, 0.3) is 11.2 Å². The zero-order valence-electron chi connectivity index (χ0n) is 26.3. The number of aliphatic hydroxyl groups excluding tert-OH is 1. The van der Waals surface area contributed by atoms with E-state index >= 15 is 0 Å². The van der Waals surface area contributed by atoms with E-state index in [4.69, 9.17) is 4.74 Å². The van der Waals surface area contributed by atoms with Crippen molar-refractivity contribution in [2.75, 3.05) is 11.4 Å². The number of aromatic amines is 1. The van der Waals surface area contributed by atoms with Gasteiger partial charge in [-0.1, -0.05) is 79.7 Å². The van der Waals surface area contributed by atoms with E-state index in [1.165, 1.54) is 13.4 Å². The fourth-order valence-corrected chi connectivity index (χ4v) is 7.58. The molecule has 1 aliphatic rings. The number of imidazole rings is 1. The first-order valence-corrected chi connectivity index (χ1v) is 17.1. The summed E-state index contributed by atoms with van der Waals surface area (Å²) < 4.78 is 34.8. The average molecular weight is 652 g/mol. The molecule has 0 radical (unpaired) electrons. The summed E-state index contributed by atoms with van der Waals surface area (Å²) in [6.07, 6.45) is 5.74. The van der Waals surface area contributed by atoms with E-state index in [0.717, 1.165) is 21.8 Å². The predicted molar refractivity (Wildman–Crippen MR) is 179 cm³/mol. The van der Waals surface area contributed by atoms with E-state index in [-0.39, 0.29) is 33.9 Å². The molecule has 3 aromatic carbocycles. The maximum Gasteiger partial charge on any atom is 0.338 e. The van der Waals surface area contributed by atoms with Crippen LogP contribution in [-0.4, -0.2) is 52.1 Å². The molecule has 11 heteroatoms. The summed E-state index contributed by atoms with van der Waals surface area (Å²) in [7, 11) is -2.66. The molecule has 0 amide bonds. The number of rotatable bonds is 12. The number of hydrogen-bond donors (Lipinski definition) is 2. The highest BCUT2D eigenvalue weighted by Gasteiger charge is 2.43. The normalized spacial score (nSPS) is 15.4. The molecule has 6 rings (SSSR count). The Kier molecular flexibility index (Phi) is 9.08. The molecule has 0 fully saturated rings. The largest absolute Gasteiger partial charge is 0.512 e. The lowest BCUT2D eigenvalue weighted by Gasteiger charge is -2.39. The van der Waals surface area contributed by atoms with Crippen LogP contribution in [0.15, 0.2) is 114 Å². The van der Waals surface area contributed by atoms with Crippen LogP contribution in [0.1, 0.15) is 55.2 Å². The summed E-state index contributed by atoms with van der Waals surface area (Å²) in [5, 5.41) is 11.4. The number of hydrogen-bond acceptors (Lipinski definition) is 8. The second-order valence-corrected chi connectivity index (χ2v) is 13.8. The van der Waals surface area contributed by atoms with E-state index in [9.17, 15) is 18.3 Å². The van der Waals surface area contributed by atoms with Gasteiger partial charge in [-0.3, -0.25) is 4.31 Å². The van der Waals surface area contributed by atoms with Crippen molar-refractivity contribution in [3.8, 4) is 0 Å². The van der Waals surface area contributed by atoms with Gasteiger partial charge in [0.15, 0.2) is 5.65 Å². The number of aromatic nitrogens is 4. The third kappa shape index (κ3) is 6.62. The lowest BCUT2D eigenvalue weighted by Crippen LogP contribution is -2.42. The van der Waals surface area contributed by atoms with Crippen LogP contribution in [0.3, 0.4) is 0 Å². The van der Waals surface area contributed by atoms with Crippen LogP contribution in [0.5, 0.6) is 0 Å². The molecule has 3 heterocycles. The number of sulfonamides is 1. The topological polar surface area (TPSA) is 138 Å². The first kappa shape index (κ1) is 31.9. The van der Waals surface area contributed by atoms with Gasteiger partial charge in [-0.25, -0.2) is 19.7 Å². The smallest absolute Gasteiger partial charge is 0.338 e. The lowest BCUT2D eigenvalue weighted by molar-refractivity contribution is -0.161. The Bertz CT molecular complexity index is 1970. The second-order valence-electron chi connectivity index (χ2n) is 11.9. The minimum atomic E-state index is -4.10. The Morgan fingerprint density at radius 1 is 0.936 bits per heavy atom. The van der Waals surface area contributed by atoms with Gasteiger partial charge in [-0.05, 0) is 60.9 Å². The first-order chi connectivity index (χ1) is 22.7. The Morgan fingerprint density at radius 2 is 1.60 bits per heavy atom. The van der Waals surface area contributed by atoms with Crippen molar-refractivity contribution in [3.05, 3.63) is 126 Å². The van der Waals surface area contributed by atoms with Crippen molar-refractivity contribution in [1.29, 1.82) is 0 Å². The molecule has 1 aliphatic heterocycles. The molecule has 1 atom stereocenters. The van der Waals surface area contributed by atoms with E-state index in [2.05, 4.69) is 44.2 Å². The Balaban J connectivity index is 1.29. The molecule has 0 aliphatic carbocycles. The predicted octanol–water partition coefficient (Wildman–Crippen LogP) is 6.44. The number of aryl methyl sites for hydroxylation is 2. The number of ether oxygens (including phenoxy) is 1. The maximum absolute atomic E-state index is 13.9. The van der Waals surface area contributed by atoms with Gasteiger partial charge < -0.3 is 14.8 Å². The lowest BCUT2D eigenvalue weighted by atomic mass is 9.79. The third-order valence-corrected chi connectivity index (χ3v) is 10.7. The standard InChI is InChI=1S/C36H37N5O5S/c1-3-29(27-15-10-16-28(21-27)41(2)47(44,45)34-32-33(38-23-37-32)39-24-40-34)31-30(42)22-36(46-35(31)43,19-17-25-11-6-4-7-12-25)20-18-26-13-8-5-9-14-26/h4-16,21,23-24,29,42H,3,17-20,22H2,1-2H3,(H,37,38,39,40). The van der Waals surface area contributed by atoms with Crippen molar-refractivity contribution >= 4 is 32.8 Å². The number of esters is 1. The first-order valence-electron chi connectivity index (χ1n) is 15.7. The van der Waals surface area contributed by atoms with Crippen LogP contribution < -0.4 is 4.31 Å². The number of carbonyl (C=O) groups excluding carboxylic acids is 1. The van der Waals surface area contributed by atoms with E-state index in [0.29, 0.717) is 43.4 Å². The number of aliphatic hydroxyl groups is 1. The van der Waals surface area contributed by atoms with Crippen molar-refractivity contribution in [2.45, 2.75) is 62.0 Å². The summed E-state index contributed by atoms with van der Waals surface area (Å²) in [4.78, 5) is 28.8. The Labute approximate surface area is 274 Å². The molecule has 242 valence electrons. The SMILES string of the molecule is CCC(C1=C(O)CC(CCc2ccccc2)(CCc2ccccc2)OC1=O)c1cccc(N(C)S(=O)(=O)c2ncnc3nc[nH]c23)c1. The molecule has 10 nitrogen and oxygen atoms in total. The van der Waals surface area contributed by atoms with Gasteiger partial charge >= 0.3 is 5.97 Å². The van der Waals surface area contributed by atoms with E-state index in [1.807, 2.05) is 49.4 Å².